The highest BCUT2D eigenvalue weighted by Gasteiger charge is 2.32. The van der Waals surface area contributed by atoms with Crippen LogP contribution in [0.15, 0.2) is 53.4 Å². The first-order valence-electron chi connectivity index (χ1n) is 11.7. The Hall–Kier alpha value is -2.71. The summed E-state index contributed by atoms with van der Waals surface area (Å²) < 4.78 is 29.0. The molecular formula is C26H30N4O2S. The summed E-state index contributed by atoms with van der Waals surface area (Å²) in [5.41, 5.74) is 2.38. The first-order valence-corrected chi connectivity index (χ1v) is 13.2. The molecule has 0 unspecified atom stereocenters. The lowest BCUT2D eigenvalue weighted by Gasteiger charge is -2.31. The van der Waals surface area contributed by atoms with Crippen LogP contribution >= 0.6 is 0 Å². The van der Waals surface area contributed by atoms with Gasteiger partial charge >= 0.3 is 0 Å². The standard InChI is InChI=1S/C26H30N4O2S/c27-19-21-11-15-30(16-12-21)33(31,32)26-18-22(9-10-25(26)23-7-3-1-4-8-23)17-24(20-28)29-13-5-2-6-14-29/h1,3-4,7-10,18,21,24H,2,5-6,11-17H2/t24-/m0/s1. The van der Waals surface area contributed by atoms with Gasteiger partial charge in [-0.25, -0.2) is 8.42 Å². The smallest absolute Gasteiger partial charge is 0.243 e. The minimum Gasteiger partial charge on any atom is -0.288 e. The van der Waals surface area contributed by atoms with E-state index in [4.69, 9.17) is 0 Å². The summed E-state index contributed by atoms with van der Waals surface area (Å²) >= 11 is 0. The van der Waals surface area contributed by atoms with E-state index in [2.05, 4.69) is 17.0 Å². The quantitative estimate of drug-likeness (QED) is 0.642. The molecule has 4 rings (SSSR count). The average Bonchev–Trinajstić information content (AvgIpc) is 2.88. The Labute approximate surface area is 197 Å². The van der Waals surface area contributed by atoms with Crippen molar-refractivity contribution in [3.05, 3.63) is 54.1 Å². The highest BCUT2D eigenvalue weighted by molar-refractivity contribution is 7.89. The summed E-state index contributed by atoms with van der Waals surface area (Å²) in [6.07, 6.45) is 5.02. The molecule has 0 bridgehead atoms. The van der Waals surface area contributed by atoms with Gasteiger partial charge in [0.15, 0.2) is 0 Å². The van der Waals surface area contributed by atoms with E-state index in [1.165, 1.54) is 10.7 Å². The molecule has 2 fully saturated rings. The van der Waals surface area contributed by atoms with Gasteiger partial charge in [-0.3, -0.25) is 4.90 Å². The predicted molar refractivity (Wildman–Crippen MR) is 128 cm³/mol. The summed E-state index contributed by atoms with van der Waals surface area (Å²) in [5, 5.41) is 19.0. The first kappa shape index (κ1) is 23.4. The van der Waals surface area contributed by atoms with Crippen molar-refractivity contribution in [1.29, 1.82) is 10.5 Å². The zero-order valence-electron chi connectivity index (χ0n) is 18.9. The third kappa shape index (κ3) is 5.28. The first-order chi connectivity index (χ1) is 16.0. The Morgan fingerprint density at radius 3 is 2.27 bits per heavy atom. The molecule has 7 heteroatoms. The van der Waals surface area contributed by atoms with E-state index >= 15 is 0 Å². The highest BCUT2D eigenvalue weighted by atomic mass is 32.2. The van der Waals surface area contributed by atoms with Crippen molar-refractivity contribution in [3.8, 4) is 23.3 Å². The number of hydrogen-bond donors (Lipinski definition) is 0. The molecule has 2 saturated heterocycles. The molecular weight excluding hydrogens is 432 g/mol. The second-order valence-corrected chi connectivity index (χ2v) is 10.9. The maximum Gasteiger partial charge on any atom is 0.243 e. The van der Waals surface area contributed by atoms with Gasteiger partial charge in [0.25, 0.3) is 0 Å². The summed E-state index contributed by atoms with van der Waals surface area (Å²) in [5.74, 6) is -0.0858. The van der Waals surface area contributed by atoms with Crippen LogP contribution in [0.3, 0.4) is 0 Å². The van der Waals surface area contributed by atoms with Crippen LogP contribution in [0, 0.1) is 28.6 Å². The molecule has 2 aromatic rings. The Morgan fingerprint density at radius 1 is 0.939 bits per heavy atom. The van der Waals surface area contributed by atoms with Crippen molar-refractivity contribution in [2.45, 2.75) is 49.5 Å². The van der Waals surface area contributed by atoms with Gasteiger partial charge in [-0.05, 0) is 56.0 Å². The Kier molecular flexibility index (Phi) is 7.45. The van der Waals surface area contributed by atoms with Crippen LogP contribution in [0.2, 0.25) is 0 Å². The lowest BCUT2D eigenvalue weighted by molar-refractivity contribution is 0.194. The average molecular weight is 463 g/mol. The molecule has 0 N–H and O–H groups in total. The van der Waals surface area contributed by atoms with E-state index < -0.39 is 10.0 Å². The predicted octanol–water partition coefficient (Wildman–Crippen LogP) is 4.20. The molecule has 2 aromatic carbocycles. The number of sulfonamides is 1. The summed E-state index contributed by atoms with van der Waals surface area (Å²) in [6.45, 7) is 2.54. The molecule has 0 radical (unpaired) electrons. The van der Waals surface area contributed by atoms with Crippen molar-refractivity contribution in [1.82, 2.24) is 9.21 Å². The molecule has 1 atom stereocenters. The SMILES string of the molecule is N#CC1CCN(S(=O)(=O)c2cc(C[C@@H](C#N)N3CCCCC3)ccc2-c2ccccc2)CC1. The largest absolute Gasteiger partial charge is 0.288 e. The minimum absolute atomic E-state index is 0.0858. The normalized spacial score (nSPS) is 19.5. The number of rotatable bonds is 6. The van der Waals surface area contributed by atoms with Gasteiger partial charge in [-0.1, -0.05) is 48.9 Å². The molecule has 2 aliphatic rings. The topological polar surface area (TPSA) is 88.2 Å². The van der Waals surface area contributed by atoms with E-state index in [1.807, 2.05) is 42.5 Å². The summed E-state index contributed by atoms with van der Waals surface area (Å²) in [6, 6.07) is 19.6. The maximum absolute atomic E-state index is 13.8. The Bertz CT molecular complexity index is 1140. The lowest BCUT2D eigenvalue weighted by atomic mass is 9.99. The van der Waals surface area contributed by atoms with Gasteiger partial charge in [0.2, 0.25) is 10.0 Å². The maximum atomic E-state index is 13.8. The molecule has 2 aliphatic heterocycles. The van der Waals surface area contributed by atoms with Crippen molar-refractivity contribution in [2.75, 3.05) is 26.2 Å². The zero-order valence-corrected chi connectivity index (χ0v) is 19.7. The van der Waals surface area contributed by atoms with Gasteiger partial charge in [-0.15, -0.1) is 0 Å². The highest BCUT2D eigenvalue weighted by Crippen LogP contribution is 2.33. The van der Waals surface area contributed by atoms with Gasteiger partial charge in [-0.2, -0.15) is 14.8 Å². The second kappa shape index (κ2) is 10.5. The molecule has 0 spiro atoms. The molecule has 172 valence electrons. The minimum atomic E-state index is -3.73. The molecule has 0 aromatic heterocycles. The number of nitriles is 2. The van der Waals surface area contributed by atoms with Crippen molar-refractivity contribution in [3.63, 3.8) is 0 Å². The van der Waals surface area contributed by atoms with Crippen LogP contribution < -0.4 is 0 Å². The van der Waals surface area contributed by atoms with Crippen molar-refractivity contribution >= 4 is 10.0 Å². The van der Waals surface area contributed by atoms with E-state index in [0.717, 1.165) is 37.1 Å². The van der Waals surface area contributed by atoms with Crippen molar-refractivity contribution in [2.24, 2.45) is 5.92 Å². The number of nitrogens with zero attached hydrogens (tertiary/aromatic N) is 4. The van der Waals surface area contributed by atoms with Crippen LogP contribution in [0.5, 0.6) is 0 Å². The Morgan fingerprint density at radius 2 is 1.64 bits per heavy atom. The fourth-order valence-electron chi connectivity index (χ4n) is 4.84. The molecule has 0 aliphatic carbocycles. The zero-order chi connectivity index (χ0) is 23.3. The molecule has 0 saturated carbocycles. The fourth-order valence-corrected chi connectivity index (χ4v) is 6.57. The van der Waals surface area contributed by atoms with Gasteiger partial charge in [0, 0.05) is 31.0 Å². The number of benzene rings is 2. The van der Waals surface area contributed by atoms with Crippen LogP contribution in [0.25, 0.3) is 11.1 Å². The van der Waals surface area contributed by atoms with Gasteiger partial charge in [0.1, 0.15) is 6.04 Å². The summed E-state index contributed by atoms with van der Waals surface area (Å²) in [4.78, 5) is 2.51. The van der Waals surface area contributed by atoms with E-state index in [0.29, 0.717) is 37.9 Å². The third-order valence-electron chi connectivity index (χ3n) is 6.79. The number of likely N-dealkylation sites (tertiary alicyclic amines) is 1. The monoisotopic (exact) mass is 462 g/mol. The fraction of sp³-hybridized carbons (Fsp3) is 0.462. The van der Waals surface area contributed by atoms with Crippen LogP contribution in [0.4, 0.5) is 0 Å². The van der Waals surface area contributed by atoms with Gasteiger partial charge < -0.3 is 0 Å². The van der Waals surface area contributed by atoms with E-state index in [9.17, 15) is 18.9 Å². The van der Waals surface area contributed by atoms with Gasteiger partial charge in [0.05, 0.1) is 17.0 Å². The molecule has 6 nitrogen and oxygen atoms in total. The van der Waals surface area contributed by atoms with E-state index in [1.54, 1.807) is 6.07 Å². The molecule has 2 heterocycles. The number of hydrogen-bond acceptors (Lipinski definition) is 5. The van der Waals surface area contributed by atoms with Crippen molar-refractivity contribution < 1.29 is 8.42 Å². The van der Waals surface area contributed by atoms with E-state index in [-0.39, 0.29) is 16.9 Å². The summed E-state index contributed by atoms with van der Waals surface area (Å²) in [7, 11) is -3.73. The molecule has 0 amide bonds. The third-order valence-corrected chi connectivity index (χ3v) is 8.73. The second-order valence-electron chi connectivity index (χ2n) is 8.95. The number of piperidine rings is 2. The van der Waals surface area contributed by atoms with Crippen LogP contribution in [-0.2, 0) is 16.4 Å². The van der Waals surface area contributed by atoms with Crippen LogP contribution in [-0.4, -0.2) is 49.8 Å². The Balaban J connectivity index is 1.68. The lowest BCUT2D eigenvalue weighted by Crippen LogP contribution is -2.40. The molecule has 33 heavy (non-hydrogen) atoms. The van der Waals surface area contributed by atoms with Crippen LogP contribution in [0.1, 0.15) is 37.7 Å².